The molecule has 0 saturated heterocycles. The van der Waals surface area contributed by atoms with Gasteiger partial charge in [0.25, 0.3) is 0 Å². The van der Waals surface area contributed by atoms with E-state index >= 15 is 0 Å². The molecular weight excluding hydrogens is 242 g/mol. The highest BCUT2D eigenvalue weighted by Gasteiger charge is 2.23. The third kappa shape index (κ3) is 3.20. The van der Waals surface area contributed by atoms with Crippen molar-refractivity contribution < 1.29 is 9.90 Å². The molecule has 0 radical (unpaired) electrons. The van der Waals surface area contributed by atoms with Crippen molar-refractivity contribution >= 4 is 5.97 Å². The quantitative estimate of drug-likeness (QED) is 0.856. The minimum atomic E-state index is -0.896. The predicted octanol–water partition coefficient (Wildman–Crippen LogP) is 1.64. The van der Waals surface area contributed by atoms with Crippen molar-refractivity contribution in [2.45, 2.75) is 19.5 Å². The van der Waals surface area contributed by atoms with Gasteiger partial charge in [-0.2, -0.15) is 5.10 Å². The average Bonchev–Trinajstić information content (AvgIpc) is 2.70. The monoisotopic (exact) mass is 259 g/mol. The molecule has 1 heterocycles. The van der Waals surface area contributed by atoms with Crippen molar-refractivity contribution in [3.8, 4) is 0 Å². The summed E-state index contributed by atoms with van der Waals surface area (Å²) in [6.07, 6.45) is 1.74. The fourth-order valence-electron chi connectivity index (χ4n) is 2.05. The summed E-state index contributed by atoms with van der Waals surface area (Å²) in [4.78, 5) is 11.4. The Morgan fingerprint density at radius 1 is 1.42 bits per heavy atom. The Balaban J connectivity index is 2.13. The van der Waals surface area contributed by atoms with E-state index in [1.165, 1.54) is 0 Å². The molecule has 0 aliphatic rings. The van der Waals surface area contributed by atoms with Crippen molar-refractivity contribution in [2.75, 3.05) is 0 Å². The van der Waals surface area contributed by atoms with Gasteiger partial charge in [0.1, 0.15) is 6.04 Å². The van der Waals surface area contributed by atoms with E-state index in [-0.39, 0.29) is 0 Å². The van der Waals surface area contributed by atoms with Crippen LogP contribution in [0.4, 0.5) is 0 Å². The minimum absolute atomic E-state index is 0.506. The van der Waals surface area contributed by atoms with E-state index in [0.717, 1.165) is 11.3 Å². The Morgan fingerprint density at radius 3 is 2.63 bits per heavy atom. The normalized spacial score (nSPS) is 12.3. The first kappa shape index (κ1) is 13.3. The third-order valence-electron chi connectivity index (χ3n) is 2.96. The van der Waals surface area contributed by atoms with Crippen LogP contribution in [-0.2, 0) is 18.4 Å². The standard InChI is InChI=1S/C14H17N3O2/c1-10-12(9-17(2)16-10)13(14(18)19)15-8-11-6-4-3-5-7-11/h3-7,9,13,15H,8H2,1-2H3,(H,18,19). The number of rotatable bonds is 5. The van der Waals surface area contributed by atoms with E-state index < -0.39 is 12.0 Å². The molecule has 0 amide bonds. The number of nitrogens with zero attached hydrogens (tertiary/aromatic N) is 2. The number of aryl methyl sites for hydroxylation is 2. The molecule has 5 heteroatoms. The van der Waals surface area contributed by atoms with Gasteiger partial charge in [-0.25, -0.2) is 0 Å². The molecule has 2 rings (SSSR count). The fourth-order valence-corrected chi connectivity index (χ4v) is 2.05. The number of carboxylic acid groups (broad SMARTS) is 1. The summed E-state index contributed by atoms with van der Waals surface area (Å²) in [5.41, 5.74) is 2.48. The molecule has 2 N–H and O–H groups in total. The highest BCUT2D eigenvalue weighted by Crippen LogP contribution is 2.17. The van der Waals surface area contributed by atoms with Crippen LogP contribution in [0.5, 0.6) is 0 Å². The first-order valence-corrected chi connectivity index (χ1v) is 6.08. The zero-order valence-electron chi connectivity index (χ0n) is 11.0. The number of carboxylic acids is 1. The second-order valence-electron chi connectivity index (χ2n) is 4.48. The molecule has 0 fully saturated rings. The number of carbonyl (C=O) groups is 1. The van der Waals surface area contributed by atoms with Gasteiger partial charge in [0.2, 0.25) is 0 Å². The second-order valence-corrected chi connectivity index (χ2v) is 4.48. The largest absolute Gasteiger partial charge is 0.480 e. The summed E-state index contributed by atoms with van der Waals surface area (Å²) in [6, 6.07) is 8.98. The van der Waals surface area contributed by atoms with E-state index in [9.17, 15) is 9.90 Å². The number of hydrogen-bond acceptors (Lipinski definition) is 3. The van der Waals surface area contributed by atoms with Gasteiger partial charge in [-0.1, -0.05) is 30.3 Å². The van der Waals surface area contributed by atoms with E-state index in [0.29, 0.717) is 12.1 Å². The SMILES string of the molecule is Cc1nn(C)cc1C(NCc1ccccc1)C(=O)O. The van der Waals surface area contributed by atoms with Crippen molar-refractivity contribution in [1.29, 1.82) is 0 Å². The molecule has 0 aliphatic heterocycles. The Bertz CT molecular complexity index is 563. The molecule has 2 aromatic rings. The smallest absolute Gasteiger partial charge is 0.325 e. The van der Waals surface area contributed by atoms with Crippen LogP contribution in [0.1, 0.15) is 22.9 Å². The average molecular weight is 259 g/mol. The number of hydrogen-bond donors (Lipinski definition) is 2. The van der Waals surface area contributed by atoms with E-state index in [1.54, 1.807) is 17.9 Å². The molecule has 1 aromatic heterocycles. The molecule has 1 atom stereocenters. The lowest BCUT2D eigenvalue weighted by Crippen LogP contribution is -2.28. The first-order chi connectivity index (χ1) is 9.08. The van der Waals surface area contributed by atoms with Crippen molar-refractivity contribution in [3.05, 3.63) is 53.3 Å². The Labute approximate surface area is 111 Å². The maximum atomic E-state index is 11.4. The van der Waals surface area contributed by atoms with Gasteiger partial charge >= 0.3 is 5.97 Å². The summed E-state index contributed by atoms with van der Waals surface area (Å²) in [5.74, 6) is -0.896. The Kier molecular flexibility index (Phi) is 3.97. The maximum absolute atomic E-state index is 11.4. The summed E-state index contributed by atoms with van der Waals surface area (Å²) >= 11 is 0. The highest BCUT2D eigenvalue weighted by molar-refractivity contribution is 5.75. The molecule has 1 unspecified atom stereocenters. The Morgan fingerprint density at radius 2 is 2.11 bits per heavy atom. The predicted molar refractivity (Wildman–Crippen MR) is 71.6 cm³/mol. The molecule has 0 spiro atoms. The van der Waals surface area contributed by atoms with Gasteiger partial charge in [0.15, 0.2) is 0 Å². The fraction of sp³-hybridized carbons (Fsp3) is 0.286. The minimum Gasteiger partial charge on any atom is -0.480 e. The maximum Gasteiger partial charge on any atom is 0.325 e. The molecule has 100 valence electrons. The van der Waals surface area contributed by atoms with Crippen molar-refractivity contribution in [1.82, 2.24) is 15.1 Å². The zero-order valence-corrected chi connectivity index (χ0v) is 11.0. The first-order valence-electron chi connectivity index (χ1n) is 6.08. The van der Waals surface area contributed by atoms with Gasteiger partial charge in [0, 0.05) is 25.4 Å². The van der Waals surface area contributed by atoms with Crippen molar-refractivity contribution in [2.24, 2.45) is 7.05 Å². The lowest BCUT2D eigenvalue weighted by molar-refractivity contribution is -0.139. The molecule has 0 saturated carbocycles. The summed E-state index contributed by atoms with van der Waals surface area (Å²) in [5, 5.41) is 16.6. The summed E-state index contributed by atoms with van der Waals surface area (Å²) in [6.45, 7) is 2.32. The molecule has 0 bridgehead atoms. The number of nitrogens with one attached hydrogen (secondary N) is 1. The number of aliphatic carboxylic acids is 1. The van der Waals surface area contributed by atoms with Gasteiger partial charge < -0.3 is 5.11 Å². The van der Waals surface area contributed by atoms with E-state index in [4.69, 9.17) is 0 Å². The van der Waals surface area contributed by atoms with Crippen LogP contribution in [0.3, 0.4) is 0 Å². The van der Waals surface area contributed by atoms with Gasteiger partial charge in [0.05, 0.1) is 5.69 Å². The van der Waals surface area contributed by atoms with Crippen LogP contribution in [0.15, 0.2) is 36.5 Å². The zero-order chi connectivity index (χ0) is 13.8. The third-order valence-corrected chi connectivity index (χ3v) is 2.96. The van der Waals surface area contributed by atoms with Crippen LogP contribution < -0.4 is 5.32 Å². The van der Waals surface area contributed by atoms with E-state index in [2.05, 4.69) is 10.4 Å². The second kappa shape index (κ2) is 5.67. The molecule has 0 aliphatic carbocycles. The van der Waals surface area contributed by atoms with Crippen LogP contribution >= 0.6 is 0 Å². The van der Waals surface area contributed by atoms with Crippen molar-refractivity contribution in [3.63, 3.8) is 0 Å². The lowest BCUT2D eigenvalue weighted by atomic mass is 10.1. The van der Waals surface area contributed by atoms with Crippen LogP contribution in [0, 0.1) is 6.92 Å². The number of benzene rings is 1. The van der Waals surface area contributed by atoms with Gasteiger partial charge in [-0.15, -0.1) is 0 Å². The topological polar surface area (TPSA) is 67.2 Å². The molecule has 1 aromatic carbocycles. The summed E-state index contributed by atoms with van der Waals surface area (Å²) < 4.78 is 1.63. The number of aromatic nitrogens is 2. The molecule has 5 nitrogen and oxygen atoms in total. The lowest BCUT2D eigenvalue weighted by Gasteiger charge is -2.13. The molecular formula is C14H17N3O2. The van der Waals surface area contributed by atoms with Gasteiger partial charge in [-0.05, 0) is 12.5 Å². The van der Waals surface area contributed by atoms with Crippen LogP contribution in [0.25, 0.3) is 0 Å². The highest BCUT2D eigenvalue weighted by atomic mass is 16.4. The van der Waals surface area contributed by atoms with Crippen LogP contribution in [0.2, 0.25) is 0 Å². The molecule has 19 heavy (non-hydrogen) atoms. The summed E-state index contributed by atoms with van der Waals surface area (Å²) in [7, 11) is 1.78. The van der Waals surface area contributed by atoms with E-state index in [1.807, 2.05) is 37.3 Å². The van der Waals surface area contributed by atoms with Gasteiger partial charge in [-0.3, -0.25) is 14.8 Å². The van der Waals surface area contributed by atoms with Crippen LogP contribution in [-0.4, -0.2) is 20.9 Å². The Hall–Kier alpha value is -2.14.